The van der Waals surface area contributed by atoms with Gasteiger partial charge in [0.1, 0.15) is 0 Å². The molecule has 0 amide bonds. The predicted octanol–water partition coefficient (Wildman–Crippen LogP) is 1.49. The highest BCUT2D eigenvalue weighted by Gasteiger charge is 1.95. The van der Waals surface area contributed by atoms with Crippen molar-refractivity contribution in [3.63, 3.8) is 0 Å². The highest BCUT2D eigenvalue weighted by Crippen LogP contribution is 2.01. The van der Waals surface area contributed by atoms with Crippen LogP contribution in [0.15, 0.2) is 0 Å². The minimum atomic E-state index is 0.305. The van der Waals surface area contributed by atoms with Gasteiger partial charge in [-0.1, -0.05) is 0 Å². The first-order valence-corrected chi connectivity index (χ1v) is 5.23. The molecule has 2 N–H and O–H groups in total. The van der Waals surface area contributed by atoms with Crippen LogP contribution in [0.2, 0.25) is 0 Å². The van der Waals surface area contributed by atoms with Gasteiger partial charge in [0.2, 0.25) is 0 Å². The van der Waals surface area contributed by atoms with Crippen LogP contribution >= 0.6 is 11.8 Å². The molecule has 0 rings (SSSR count). The van der Waals surface area contributed by atoms with E-state index in [2.05, 4.69) is 13.8 Å². The number of nitrogens with two attached hydrogens (primary N) is 1. The summed E-state index contributed by atoms with van der Waals surface area (Å²) in [5, 5.41) is 0. The number of hydrogen-bond donors (Lipinski definition) is 1. The van der Waals surface area contributed by atoms with Crippen LogP contribution in [0.5, 0.6) is 0 Å². The summed E-state index contributed by atoms with van der Waals surface area (Å²) in [6, 6.07) is 0.305. The topological polar surface area (TPSA) is 35.2 Å². The molecule has 0 aromatic carbocycles. The predicted molar refractivity (Wildman–Crippen MR) is 52.1 cm³/mol. The highest BCUT2D eigenvalue weighted by molar-refractivity contribution is 7.99. The quantitative estimate of drug-likeness (QED) is 0.624. The van der Waals surface area contributed by atoms with Gasteiger partial charge in [0.25, 0.3) is 0 Å². The van der Waals surface area contributed by atoms with E-state index in [-0.39, 0.29) is 0 Å². The Morgan fingerprint density at radius 2 is 2.00 bits per heavy atom. The SMILES string of the molecule is CC(N)CSCCOC(C)C. The van der Waals surface area contributed by atoms with E-state index in [0.29, 0.717) is 12.1 Å². The number of thioether (sulfide) groups is 1. The fraction of sp³-hybridized carbons (Fsp3) is 1.00. The van der Waals surface area contributed by atoms with Crippen molar-refractivity contribution in [3.05, 3.63) is 0 Å². The summed E-state index contributed by atoms with van der Waals surface area (Å²) in [4.78, 5) is 0. The van der Waals surface area contributed by atoms with Crippen molar-refractivity contribution >= 4 is 11.8 Å². The molecule has 0 aliphatic heterocycles. The molecule has 0 bridgehead atoms. The number of hydrogen-bond acceptors (Lipinski definition) is 3. The van der Waals surface area contributed by atoms with Crippen LogP contribution in [-0.2, 0) is 4.74 Å². The third-order valence-electron chi connectivity index (χ3n) is 1.06. The lowest BCUT2D eigenvalue weighted by molar-refractivity contribution is 0.0920. The van der Waals surface area contributed by atoms with E-state index < -0.39 is 0 Å². The van der Waals surface area contributed by atoms with Crippen LogP contribution < -0.4 is 5.73 Å². The maximum absolute atomic E-state index is 5.57. The minimum Gasteiger partial charge on any atom is -0.378 e. The van der Waals surface area contributed by atoms with Gasteiger partial charge in [-0.15, -0.1) is 0 Å². The zero-order valence-electron chi connectivity index (χ0n) is 7.67. The average Bonchev–Trinajstić information content (AvgIpc) is 1.85. The molecular weight excluding hydrogens is 158 g/mol. The molecule has 2 nitrogen and oxygen atoms in total. The molecule has 1 atom stereocenters. The van der Waals surface area contributed by atoms with E-state index in [1.807, 2.05) is 18.7 Å². The van der Waals surface area contributed by atoms with E-state index >= 15 is 0 Å². The Labute approximate surface area is 73.9 Å². The third-order valence-corrected chi connectivity index (χ3v) is 2.28. The molecule has 0 saturated carbocycles. The second-order valence-electron chi connectivity index (χ2n) is 2.97. The zero-order chi connectivity index (χ0) is 8.69. The van der Waals surface area contributed by atoms with Gasteiger partial charge < -0.3 is 10.5 Å². The summed E-state index contributed by atoms with van der Waals surface area (Å²) >= 11 is 1.85. The summed E-state index contributed by atoms with van der Waals surface area (Å²) in [6.45, 7) is 6.97. The second kappa shape index (κ2) is 6.95. The van der Waals surface area contributed by atoms with Gasteiger partial charge in [-0.3, -0.25) is 0 Å². The van der Waals surface area contributed by atoms with E-state index in [1.54, 1.807) is 0 Å². The summed E-state index contributed by atoms with van der Waals surface area (Å²) in [5.74, 6) is 2.08. The Bertz CT molecular complexity index is 76.2. The van der Waals surface area contributed by atoms with Crippen LogP contribution in [0.3, 0.4) is 0 Å². The van der Waals surface area contributed by atoms with Crippen molar-refractivity contribution in [2.24, 2.45) is 5.73 Å². The first kappa shape index (κ1) is 11.3. The molecule has 0 aliphatic carbocycles. The third kappa shape index (κ3) is 10.3. The summed E-state index contributed by atoms with van der Waals surface area (Å²) in [6.07, 6.45) is 0.353. The molecule has 0 aliphatic rings. The summed E-state index contributed by atoms with van der Waals surface area (Å²) in [5.41, 5.74) is 5.57. The molecule has 0 radical (unpaired) electrons. The zero-order valence-corrected chi connectivity index (χ0v) is 8.49. The van der Waals surface area contributed by atoms with Crippen LogP contribution in [0.1, 0.15) is 20.8 Å². The lowest BCUT2D eigenvalue weighted by Crippen LogP contribution is -2.18. The van der Waals surface area contributed by atoms with E-state index in [1.165, 1.54) is 0 Å². The standard InChI is InChI=1S/C8H19NOS/c1-7(2)10-4-5-11-6-8(3)9/h7-8H,4-6,9H2,1-3H3. The van der Waals surface area contributed by atoms with Crippen LogP contribution in [0, 0.1) is 0 Å². The van der Waals surface area contributed by atoms with Crippen molar-refractivity contribution in [1.82, 2.24) is 0 Å². The lowest BCUT2D eigenvalue weighted by Gasteiger charge is -2.07. The van der Waals surface area contributed by atoms with E-state index in [4.69, 9.17) is 10.5 Å². The Morgan fingerprint density at radius 3 is 2.45 bits per heavy atom. The Morgan fingerprint density at radius 1 is 1.36 bits per heavy atom. The average molecular weight is 177 g/mol. The maximum Gasteiger partial charge on any atom is 0.0560 e. The van der Waals surface area contributed by atoms with Crippen molar-refractivity contribution in [2.45, 2.75) is 32.9 Å². The monoisotopic (exact) mass is 177 g/mol. The summed E-state index contributed by atoms with van der Waals surface area (Å²) < 4.78 is 5.36. The molecular formula is C8H19NOS. The first-order valence-electron chi connectivity index (χ1n) is 4.08. The molecule has 0 heterocycles. The number of rotatable bonds is 6. The lowest BCUT2D eigenvalue weighted by atomic mass is 10.4. The van der Waals surface area contributed by atoms with Gasteiger partial charge in [0, 0.05) is 17.5 Å². The maximum atomic E-state index is 5.57. The molecule has 0 fully saturated rings. The molecule has 0 aromatic heterocycles. The molecule has 1 unspecified atom stereocenters. The van der Waals surface area contributed by atoms with Gasteiger partial charge in [-0.25, -0.2) is 0 Å². The Hall–Kier alpha value is 0.270. The van der Waals surface area contributed by atoms with Crippen LogP contribution in [-0.4, -0.2) is 30.3 Å². The fourth-order valence-electron chi connectivity index (χ4n) is 0.612. The Kier molecular flexibility index (Phi) is 7.12. The van der Waals surface area contributed by atoms with E-state index in [0.717, 1.165) is 18.1 Å². The minimum absolute atomic E-state index is 0.305. The Balaban J connectivity index is 2.91. The highest BCUT2D eigenvalue weighted by atomic mass is 32.2. The molecule has 0 spiro atoms. The van der Waals surface area contributed by atoms with Gasteiger partial charge >= 0.3 is 0 Å². The molecule has 3 heteroatoms. The molecule has 68 valence electrons. The van der Waals surface area contributed by atoms with E-state index in [9.17, 15) is 0 Å². The van der Waals surface area contributed by atoms with Crippen LogP contribution in [0.4, 0.5) is 0 Å². The van der Waals surface area contributed by atoms with Crippen LogP contribution in [0.25, 0.3) is 0 Å². The van der Waals surface area contributed by atoms with Gasteiger partial charge in [-0.2, -0.15) is 11.8 Å². The molecule has 0 saturated heterocycles. The summed E-state index contributed by atoms with van der Waals surface area (Å²) in [7, 11) is 0. The first-order chi connectivity index (χ1) is 5.13. The van der Waals surface area contributed by atoms with Gasteiger partial charge in [0.05, 0.1) is 12.7 Å². The molecule has 11 heavy (non-hydrogen) atoms. The fourth-order valence-corrected chi connectivity index (χ4v) is 1.36. The van der Waals surface area contributed by atoms with Crippen molar-refractivity contribution in [1.29, 1.82) is 0 Å². The van der Waals surface area contributed by atoms with Gasteiger partial charge in [0.15, 0.2) is 0 Å². The van der Waals surface area contributed by atoms with Crippen molar-refractivity contribution in [2.75, 3.05) is 18.1 Å². The smallest absolute Gasteiger partial charge is 0.0560 e. The number of ether oxygens (including phenoxy) is 1. The van der Waals surface area contributed by atoms with Crippen molar-refractivity contribution < 1.29 is 4.74 Å². The largest absolute Gasteiger partial charge is 0.378 e. The van der Waals surface area contributed by atoms with Crippen molar-refractivity contribution in [3.8, 4) is 0 Å². The molecule has 0 aromatic rings. The van der Waals surface area contributed by atoms with Gasteiger partial charge in [-0.05, 0) is 20.8 Å². The second-order valence-corrected chi connectivity index (χ2v) is 4.12. The normalized spacial score (nSPS) is 13.9.